The van der Waals surface area contributed by atoms with Crippen LogP contribution in [0.5, 0.6) is 0 Å². The van der Waals surface area contributed by atoms with Crippen LogP contribution < -0.4 is 10.6 Å². The molecular weight excluding hydrogens is 236 g/mol. The Morgan fingerprint density at radius 3 is 2.53 bits per heavy atom. The minimum absolute atomic E-state index is 0.475. The van der Waals surface area contributed by atoms with Gasteiger partial charge in [-0.15, -0.1) is 0 Å². The summed E-state index contributed by atoms with van der Waals surface area (Å²) in [6.07, 6.45) is 1.05. The lowest BCUT2D eigenvalue weighted by atomic mass is 10.0. The van der Waals surface area contributed by atoms with Crippen molar-refractivity contribution in [3.8, 4) is 0 Å². The van der Waals surface area contributed by atoms with Crippen molar-refractivity contribution in [2.24, 2.45) is 0 Å². The molecule has 0 spiro atoms. The van der Waals surface area contributed by atoms with Crippen molar-refractivity contribution in [1.29, 1.82) is 0 Å². The van der Waals surface area contributed by atoms with E-state index in [4.69, 9.17) is 4.74 Å². The van der Waals surface area contributed by atoms with Gasteiger partial charge in [0.1, 0.15) is 0 Å². The van der Waals surface area contributed by atoms with Gasteiger partial charge in [0.15, 0.2) is 0 Å². The molecule has 0 aliphatic heterocycles. The van der Waals surface area contributed by atoms with E-state index in [0.29, 0.717) is 12.1 Å². The molecule has 19 heavy (non-hydrogen) atoms. The van der Waals surface area contributed by atoms with Gasteiger partial charge in [-0.05, 0) is 24.5 Å². The molecule has 1 aromatic carbocycles. The molecule has 0 saturated heterocycles. The van der Waals surface area contributed by atoms with Gasteiger partial charge in [0.05, 0.1) is 6.61 Å². The van der Waals surface area contributed by atoms with Crippen LogP contribution in [0.1, 0.15) is 31.9 Å². The smallest absolute Gasteiger partial charge is 0.0587 e. The maximum absolute atomic E-state index is 5.05. The van der Waals surface area contributed by atoms with Crippen molar-refractivity contribution in [1.82, 2.24) is 10.6 Å². The highest BCUT2D eigenvalue weighted by Crippen LogP contribution is 2.08. The molecule has 0 radical (unpaired) electrons. The van der Waals surface area contributed by atoms with Crippen LogP contribution in [0.15, 0.2) is 24.3 Å². The van der Waals surface area contributed by atoms with Crippen LogP contribution in [-0.2, 0) is 17.7 Å². The van der Waals surface area contributed by atoms with E-state index in [1.165, 1.54) is 11.1 Å². The predicted molar refractivity (Wildman–Crippen MR) is 81.5 cm³/mol. The summed E-state index contributed by atoms with van der Waals surface area (Å²) in [5, 5.41) is 6.91. The summed E-state index contributed by atoms with van der Waals surface area (Å²) in [5.41, 5.74) is 2.75. The Kier molecular flexibility index (Phi) is 7.72. The minimum atomic E-state index is 0.475. The molecule has 0 heterocycles. The Hall–Kier alpha value is -0.900. The van der Waals surface area contributed by atoms with Gasteiger partial charge in [-0.3, -0.25) is 0 Å². The van der Waals surface area contributed by atoms with Gasteiger partial charge >= 0.3 is 0 Å². The monoisotopic (exact) mass is 264 g/mol. The van der Waals surface area contributed by atoms with Gasteiger partial charge in [0.2, 0.25) is 0 Å². The van der Waals surface area contributed by atoms with E-state index in [1.807, 2.05) is 0 Å². The highest BCUT2D eigenvalue weighted by Gasteiger charge is 2.03. The number of ether oxygens (including phenoxy) is 1. The summed E-state index contributed by atoms with van der Waals surface area (Å²) in [6, 6.07) is 9.83. The molecule has 0 aromatic heterocycles. The Labute approximate surface area is 117 Å². The second-order valence-corrected chi connectivity index (χ2v) is 5.41. The third kappa shape index (κ3) is 7.31. The summed E-state index contributed by atoms with van der Waals surface area (Å²) in [5.74, 6) is 0. The van der Waals surface area contributed by atoms with Crippen molar-refractivity contribution >= 4 is 0 Å². The average Bonchev–Trinajstić information content (AvgIpc) is 2.37. The third-order valence-corrected chi connectivity index (χ3v) is 3.05. The van der Waals surface area contributed by atoms with Gasteiger partial charge in [-0.1, -0.05) is 38.1 Å². The molecule has 1 atom stereocenters. The minimum Gasteiger partial charge on any atom is -0.383 e. The Morgan fingerprint density at radius 2 is 1.84 bits per heavy atom. The number of rotatable bonds is 9. The van der Waals surface area contributed by atoms with Gasteiger partial charge < -0.3 is 15.4 Å². The van der Waals surface area contributed by atoms with E-state index >= 15 is 0 Å². The maximum atomic E-state index is 5.05. The Bertz CT molecular complexity index is 352. The molecule has 2 N–H and O–H groups in total. The van der Waals surface area contributed by atoms with E-state index < -0.39 is 0 Å². The standard InChI is InChI=1S/C16H28N2O/c1-13(2)18-12-16-7-5-6-15(11-16)10-14(3)17-8-9-19-4/h5-7,11,13-14,17-18H,8-10,12H2,1-4H3. The molecule has 0 amide bonds. The summed E-state index contributed by atoms with van der Waals surface area (Å²) in [6.45, 7) is 9.18. The highest BCUT2D eigenvalue weighted by atomic mass is 16.5. The molecule has 0 aliphatic rings. The van der Waals surface area contributed by atoms with Crippen LogP contribution in [0.3, 0.4) is 0 Å². The summed E-state index contributed by atoms with van der Waals surface area (Å²) in [4.78, 5) is 0. The molecule has 0 aliphatic carbocycles. The average molecular weight is 264 g/mol. The zero-order valence-electron chi connectivity index (χ0n) is 12.7. The fraction of sp³-hybridized carbons (Fsp3) is 0.625. The normalized spacial score (nSPS) is 12.9. The first kappa shape index (κ1) is 16.2. The quantitative estimate of drug-likeness (QED) is 0.672. The van der Waals surface area contributed by atoms with Crippen LogP contribution in [-0.4, -0.2) is 32.3 Å². The summed E-state index contributed by atoms with van der Waals surface area (Å²) in [7, 11) is 1.73. The molecule has 0 saturated carbocycles. The molecule has 108 valence electrons. The second kappa shape index (κ2) is 9.08. The molecule has 3 heteroatoms. The van der Waals surface area contributed by atoms with Gasteiger partial charge in [-0.25, -0.2) is 0 Å². The zero-order chi connectivity index (χ0) is 14.1. The van der Waals surface area contributed by atoms with Crippen molar-refractivity contribution < 1.29 is 4.74 Å². The van der Waals surface area contributed by atoms with Crippen LogP contribution in [0.2, 0.25) is 0 Å². The van der Waals surface area contributed by atoms with Crippen LogP contribution in [0.25, 0.3) is 0 Å². The van der Waals surface area contributed by atoms with Gasteiger partial charge in [-0.2, -0.15) is 0 Å². The number of hydrogen-bond acceptors (Lipinski definition) is 3. The molecular formula is C16H28N2O. The highest BCUT2D eigenvalue weighted by molar-refractivity contribution is 5.24. The van der Waals surface area contributed by atoms with E-state index in [0.717, 1.165) is 26.1 Å². The van der Waals surface area contributed by atoms with E-state index in [9.17, 15) is 0 Å². The van der Waals surface area contributed by atoms with E-state index in [1.54, 1.807) is 7.11 Å². The summed E-state index contributed by atoms with van der Waals surface area (Å²) >= 11 is 0. The van der Waals surface area contributed by atoms with Gasteiger partial charge in [0, 0.05) is 32.3 Å². The van der Waals surface area contributed by atoms with Gasteiger partial charge in [0.25, 0.3) is 0 Å². The summed E-state index contributed by atoms with van der Waals surface area (Å²) < 4.78 is 5.05. The van der Waals surface area contributed by atoms with Crippen molar-refractivity contribution in [3.63, 3.8) is 0 Å². The van der Waals surface area contributed by atoms with Crippen LogP contribution in [0.4, 0.5) is 0 Å². The van der Waals surface area contributed by atoms with E-state index in [2.05, 4.69) is 55.7 Å². The number of nitrogens with one attached hydrogen (secondary N) is 2. The number of hydrogen-bond donors (Lipinski definition) is 2. The van der Waals surface area contributed by atoms with Crippen molar-refractivity contribution in [2.75, 3.05) is 20.3 Å². The van der Waals surface area contributed by atoms with E-state index in [-0.39, 0.29) is 0 Å². The Morgan fingerprint density at radius 1 is 1.11 bits per heavy atom. The predicted octanol–water partition coefficient (Wildman–Crippen LogP) is 2.35. The third-order valence-electron chi connectivity index (χ3n) is 3.05. The Balaban J connectivity index is 2.42. The van der Waals surface area contributed by atoms with Crippen LogP contribution >= 0.6 is 0 Å². The van der Waals surface area contributed by atoms with Crippen molar-refractivity contribution in [2.45, 2.75) is 45.8 Å². The molecule has 0 bridgehead atoms. The molecule has 1 unspecified atom stereocenters. The number of methoxy groups -OCH3 is 1. The topological polar surface area (TPSA) is 33.3 Å². The lowest BCUT2D eigenvalue weighted by Crippen LogP contribution is -2.31. The maximum Gasteiger partial charge on any atom is 0.0587 e. The first-order chi connectivity index (χ1) is 9.11. The lowest BCUT2D eigenvalue weighted by molar-refractivity contribution is 0.196. The molecule has 3 nitrogen and oxygen atoms in total. The first-order valence-corrected chi connectivity index (χ1v) is 7.15. The fourth-order valence-corrected chi connectivity index (χ4v) is 2.02. The largest absolute Gasteiger partial charge is 0.383 e. The number of benzene rings is 1. The fourth-order valence-electron chi connectivity index (χ4n) is 2.02. The zero-order valence-corrected chi connectivity index (χ0v) is 12.7. The van der Waals surface area contributed by atoms with Crippen LogP contribution in [0, 0.1) is 0 Å². The SMILES string of the molecule is COCCNC(C)Cc1cccc(CNC(C)C)c1. The molecule has 1 aromatic rings. The first-order valence-electron chi connectivity index (χ1n) is 7.15. The second-order valence-electron chi connectivity index (χ2n) is 5.41. The molecule has 1 rings (SSSR count). The van der Waals surface area contributed by atoms with Crippen molar-refractivity contribution in [3.05, 3.63) is 35.4 Å². The lowest BCUT2D eigenvalue weighted by Gasteiger charge is -2.14. The molecule has 0 fully saturated rings.